The number of aliphatic imine (C=N–C) groups is 1. The zero-order valence-corrected chi connectivity index (χ0v) is 13.7. The minimum absolute atomic E-state index is 0.507. The van der Waals surface area contributed by atoms with Gasteiger partial charge in [0, 0.05) is 24.4 Å². The third kappa shape index (κ3) is 7.09. The van der Waals surface area contributed by atoms with Crippen molar-refractivity contribution in [3.05, 3.63) is 42.5 Å². The molecule has 4 nitrogen and oxygen atoms in total. The number of nitrogens with one attached hydrogen (secondary N) is 2. The molecule has 0 atom stereocenters. The predicted octanol–water partition coefficient (Wildman–Crippen LogP) is 2.67. The molecule has 0 bridgehead atoms. The molecule has 0 radical (unpaired) electrons. The maximum absolute atomic E-state index is 5.65. The van der Waals surface area contributed by atoms with E-state index < -0.39 is 0 Å². The van der Waals surface area contributed by atoms with Crippen molar-refractivity contribution >= 4 is 17.7 Å². The fraction of sp³-hybridized carbons (Fsp3) is 0.438. The molecule has 0 saturated heterocycles. The molecule has 116 valence electrons. The Morgan fingerprint density at radius 1 is 1.38 bits per heavy atom. The molecule has 5 heteroatoms. The van der Waals surface area contributed by atoms with Crippen molar-refractivity contribution in [3.63, 3.8) is 0 Å². The molecule has 0 aliphatic heterocycles. The summed E-state index contributed by atoms with van der Waals surface area (Å²) in [6, 6.07) is 7.96. The topological polar surface area (TPSA) is 45.6 Å². The third-order valence-corrected chi connectivity index (χ3v) is 3.29. The lowest BCUT2D eigenvalue weighted by Gasteiger charge is -2.12. The first kappa shape index (κ1) is 17.4. The molecule has 0 spiro atoms. The van der Waals surface area contributed by atoms with E-state index in [1.807, 2.05) is 36.0 Å². The molecular weight excluding hydrogens is 282 g/mol. The smallest absolute Gasteiger partial charge is 0.191 e. The van der Waals surface area contributed by atoms with Crippen molar-refractivity contribution in [3.8, 4) is 5.75 Å². The van der Waals surface area contributed by atoms with E-state index in [2.05, 4.69) is 35.4 Å². The molecule has 0 aliphatic rings. The van der Waals surface area contributed by atoms with Crippen molar-refractivity contribution in [2.75, 3.05) is 31.7 Å². The summed E-state index contributed by atoms with van der Waals surface area (Å²) in [4.78, 5) is 4.60. The first-order valence-corrected chi connectivity index (χ1v) is 8.54. The average Bonchev–Trinajstić information content (AvgIpc) is 2.51. The number of hydrogen-bond acceptors (Lipinski definition) is 3. The Bertz CT molecular complexity index is 449. The second-order valence-corrected chi connectivity index (χ2v) is 5.31. The minimum atomic E-state index is 0.507. The number of para-hydroxylation sites is 1. The molecule has 1 aromatic rings. The minimum Gasteiger partial charge on any atom is -0.489 e. The number of rotatable bonds is 9. The molecular formula is C16H25N3OS. The SMILES string of the molecule is C=CCOc1ccccc1CN=C(NCC)NCCSC. The second-order valence-electron chi connectivity index (χ2n) is 4.32. The van der Waals surface area contributed by atoms with Gasteiger partial charge in [-0.2, -0.15) is 11.8 Å². The van der Waals surface area contributed by atoms with Gasteiger partial charge in [-0.3, -0.25) is 0 Å². The highest BCUT2D eigenvalue weighted by Gasteiger charge is 2.02. The molecule has 0 heterocycles. The number of benzene rings is 1. The normalized spacial score (nSPS) is 11.0. The number of nitrogens with zero attached hydrogens (tertiary/aromatic N) is 1. The van der Waals surface area contributed by atoms with E-state index in [1.54, 1.807) is 6.08 Å². The number of guanidine groups is 1. The van der Waals surface area contributed by atoms with Crippen LogP contribution < -0.4 is 15.4 Å². The Kier molecular flexibility index (Phi) is 9.20. The molecule has 1 rings (SSSR count). The standard InChI is InChI=1S/C16H25N3OS/c1-4-11-20-15-9-7-6-8-14(15)13-19-16(17-5-2)18-10-12-21-3/h4,6-9H,1,5,10-13H2,2-3H3,(H2,17,18,19). The van der Waals surface area contributed by atoms with Gasteiger partial charge in [0.05, 0.1) is 6.54 Å². The van der Waals surface area contributed by atoms with Crippen LogP contribution in [0.4, 0.5) is 0 Å². The molecule has 0 unspecified atom stereocenters. The largest absolute Gasteiger partial charge is 0.489 e. The maximum Gasteiger partial charge on any atom is 0.191 e. The summed E-state index contributed by atoms with van der Waals surface area (Å²) < 4.78 is 5.65. The van der Waals surface area contributed by atoms with E-state index in [0.29, 0.717) is 13.2 Å². The van der Waals surface area contributed by atoms with Crippen molar-refractivity contribution in [1.29, 1.82) is 0 Å². The van der Waals surface area contributed by atoms with Gasteiger partial charge in [0.25, 0.3) is 0 Å². The fourth-order valence-electron chi connectivity index (χ4n) is 1.70. The molecule has 0 fully saturated rings. The zero-order chi connectivity index (χ0) is 15.3. The highest BCUT2D eigenvalue weighted by Crippen LogP contribution is 2.18. The Balaban J connectivity index is 2.67. The van der Waals surface area contributed by atoms with Gasteiger partial charge in [-0.05, 0) is 19.2 Å². The average molecular weight is 307 g/mol. The van der Waals surface area contributed by atoms with Crippen LogP contribution in [0.3, 0.4) is 0 Å². The Morgan fingerprint density at radius 2 is 2.19 bits per heavy atom. The van der Waals surface area contributed by atoms with E-state index in [-0.39, 0.29) is 0 Å². The van der Waals surface area contributed by atoms with E-state index in [1.165, 1.54) is 0 Å². The van der Waals surface area contributed by atoms with Crippen molar-refractivity contribution in [1.82, 2.24) is 10.6 Å². The maximum atomic E-state index is 5.65. The molecule has 21 heavy (non-hydrogen) atoms. The van der Waals surface area contributed by atoms with Gasteiger partial charge >= 0.3 is 0 Å². The summed E-state index contributed by atoms with van der Waals surface area (Å²) in [5.74, 6) is 2.76. The lowest BCUT2D eigenvalue weighted by Crippen LogP contribution is -2.38. The highest BCUT2D eigenvalue weighted by atomic mass is 32.2. The summed E-state index contributed by atoms with van der Waals surface area (Å²) in [7, 11) is 0. The van der Waals surface area contributed by atoms with Crippen LogP contribution in [-0.4, -0.2) is 37.7 Å². The second kappa shape index (κ2) is 11.1. The molecule has 2 N–H and O–H groups in total. The molecule has 0 aromatic heterocycles. The van der Waals surface area contributed by atoms with Gasteiger partial charge in [0.15, 0.2) is 5.96 Å². The van der Waals surface area contributed by atoms with Crippen molar-refractivity contribution < 1.29 is 4.74 Å². The van der Waals surface area contributed by atoms with Gasteiger partial charge in [0.2, 0.25) is 0 Å². The Morgan fingerprint density at radius 3 is 2.90 bits per heavy atom. The lowest BCUT2D eigenvalue weighted by atomic mass is 10.2. The van der Waals surface area contributed by atoms with Crippen LogP contribution in [0, 0.1) is 0 Å². The van der Waals surface area contributed by atoms with E-state index in [4.69, 9.17) is 4.74 Å². The van der Waals surface area contributed by atoms with Gasteiger partial charge in [0.1, 0.15) is 12.4 Å². The van der Waals surface area contributed by atoms with Gasteiger partial charge in [-0.15, -0.1) is 0 Å². The Labute approximate surface area is 132 Å². The highest BCUT2D eigenvalue weighted by molar-refractivity contribution is 7.98. The van der Waals surface area contributed by atoms with Crippen molar-refractivity contribution in [2.45, 2.75) is 13.5 Å². The van der Waals surface area contributed by atoms with Crippen molar-refractivity contribution in [2.24, 2.45) is 4.99 Å². The Hall–Kier alpha value is -1.62. The van der Waals surface area contributed by atoms with Gasteiger partial charge in [-0.25, -0.2) is 4.99 Å². The summed E-state index contributed by atoms with van der Waals surface area (Å²) in [5.41, 5.74) is 1.07. The monoisotopic (exact) mass is 307 g/mol. The van der Waals surface area contributed by atoms with E-state index in [9.17, 15) is 0 Å². The van der Waals surface area contributed by atoms with Crippen LogP contribution in [0.15, 0.2) is 41.9 Å². The van der Waals surface area contributed by atoms with Crippen LogP contribution in [-0.2, 0) is 6.54 Å². The third-order valence-electron chi connectivity index (χ3n) is 2.68. The molecule has 1 aromatic carbocycles. The summed E-state index contributed by atoms with van der Waals surface area (Å²) in [6.45, 7) is 8.58. The zero-order valence-electron chi connectivity index (χ0n) is 12.9. The van der Waals surface area contributed by atoms with Crippen LogP contribution in [0.2, 0.25) is 0 Å². The molecule has 0 aliphatic carbocycles. The quantitative estimate of drug-likeness (QED) is 0.319. The first-order valence-electron chi connectivity index (χ1n) is 7.14. The van der Waals surface area contributed by atoms with Gasteiger partial charge < -0.3 is 15.4 Å². The molecule has 0 amide bonds. The first-order chi connectivity index (χ1) is 10.3. The number of hydrogen-bond donors (Lipinski definition) is 2. The van der Waals surface area contributed by atoms with Crippen LogP contribution in [0.5, 0.6) is 5.75 Å². The van der Waals surface area contributed by atoms with Crippen LogP contribution >= 0.6 is 11.8 Å². The summed E-state index contributed by atoms with van der Waals surface area (Å²) >= 11 is 1.81. The van der Waals surface area contributed by atoms with Crippen LogP contribution in [0.25, 0.3) is 0 Å². The lowest BCUT2D eigenvalue weighted by molar-refractivity contribution is 0.359. The number of thioether (sulfide) groups is 1. The molecule has 0 saturated carbocycles. The van der Waals surface area contributed by atoms with E-state index >= 15 is 0 Å². The predicted molar refractivity (Wildman–Crippen MR) is 93.3 cm³/mol. The number of ether oxygens (including phenoxy) is 1. The van der Waals surface area contributed by atoms with E-state index in [0.717, 1.165) is 36.1 Å². The van der Waals surface area contributed by atoms with Crippen LogP contribution in [0.1, 0.15) is 12.5 Å². The van der Waals surface area contributed by atoms with Gasteiger partial charge in [-0.1, -0.05) is 30.9 Å². The summed E-state index contributed by atoms with van der Waals surface area (Å²) in [6.07, 6.45) is 3.84. The fourth-order valence-corrected chi connectivity index (χ4v) is 2.01. The summed E-state index contributed by atoms with van der Waals surface area (Å²) in [5, 5.41) is 6.56.